The highest BCUT2D eigenvalue weighted by atomic mass is 32.9. The molecule has 0 unspecified atom stereocenters. The van der Waals surface area contributed by atoms with Crippen LogP contribution in [-0.2, 0) is 22.9 Å². The molecule has 2 aromatic carbocycles. The first-order valence-electron chi connectivity index (χ1n) is 11.6. The van der Waals surface area contributed by atoms with Gasteiger partial charge in [-0.1, -0.05) is 57.2 Å². The second-order valence-electron chi connectivity index (χ2n) is 7.42. The molecular weight excluding hydrogens is 555 g/mol. The van der Waals surface area contributed by atoms with E-state index in [1.54, 1.807) is 48.5 Å². The largest absolute Gasteiger partial charge is 0.474 e. The first-order valence-corrected chi connectivity index (χ1v) is 15.6. The van der Waals surface area contributed by atoms with E-state index in [2.05, 4.69) is 0 Å². The van der Waals surface area contributed by atoms with Gasteiger partial charge in [0.2, 0.25) is 0 Å². The molecule has 0 atom stereocenters. The summed E-state index contributed by atoms with van der Waals surface area (Å²) in [4.78, 5) is 26.4. The normalized spacial score (nSPS) is 11.3. The minimum atomic E-state index is -3.56. The van der Waals surface area contributed by atoms with Crippen molar-refractivity contribution < 1.29 is 37.2 Å². The summed E-state index contributed by atoms with van der Waals surface area (Å²) in [6.45, 7) is 4.04. The Balaban J connectivity index is 1.51. The minimum Gasteiger partial charge on any atom is -0.462 e. The lowest BCUT2D eigenvalue weighted by Gasteiger charge is -2.16. The molecule has 198 valence electrons. The van der Waals surface area contributed by atoms with Crippen molar-refractivity contribution >= 4 is 52.7 Å². The molecule has 0 aliphatic rings. The monoisotopic (exact) mass is 582 g/mol. The van der Waals surface area contributed by atoms with Crippen LogP contribution < -0.4 is 4.74 Å². The quantitative estimate of drug-likeness (QED) is 0.0476. The van der Waals surface area contributed by atoms with Crippen LogP contribution in [0.5, 0.6) is 5.75 Å². The fourth-order valence-electron chi connectivity index (χ4n) is 3.08. The van der Waals surface area contributed by atoms with Gasteiger partial charge < -0.3 is 9.47 Å². The Morgan fingerprint density at radius 2 is 1.54 bits per heavy atom. The van der Waals surface area contributed by atoms with E-state index in [4.69, 9.17) is 35.3 Å². The standard InChI is InChI=1S/C25H27O8PS3/c1-3-30-34(28,31-4-2)32-16-8-7-15-29-25(27)20-9-5-6-10-21(20)33-24(26)19-13-11-18(12-14-19)22-17-23(35)37-36-22/h5-6,9-14,17H,3-4,7-8,15-16H2,1-2H3. The zero-order valence-corrected chi connectivity index (χ0v) is 23.7. The first-order chi connectivity index (χ1) is 17.8. The van der Waals surface area contributed by atoms with Crippen LogP contribution in [0.2, 0.25) is 0 Å². The molecule has 0 N–H and O–H groups in total. The van der Waals surface area contributed by atoms with Crippen LogP contribution in [0, 0.1) is 3.82 Å². The fourth-order valence-corrected chi connectivity index (χ4v) is 6.69. The van der Waals surface area contributed by atoms with Crippen molar-refractivity contribution in [2.75, 3.05) is 26.4 Å². The van der Waals surface area contributed by atoms with Crippen LogP contribution in [0.25, 0.3) is 10.4 Å². The van der Waals surface area contributed by atoms with Crippen LogP contribution in [0.15, 0.2) is 54.6 Å². The second-order valence-corrected chi connectivity index (χ2v) is 12.0. The molecule has 0 spiro atoms. The Bertz CT molecular complexity index is 1280. The van der Waals surface area contributed by atoms with Crippen LogP contribution in [0.4, 0.5) is 0 Å². The van der Waals surface area contributed by atoms with Gasteiger partial charge in [-0.3, -0.25) is 13.6 Å². The van der Waals surface area contributed by atoms with E-state index in [1.807, 2.05) is 18.2 Å². The third-order valence-electron chi connectivity index (χ3n) is 4.77. The zero-order chi connectivity index (χ0) is 26.7. The molecule has 0 amide bonds. The molecule has 3 rings (SSSR count). The Hall–Kier alpha value is -2.24. The number of hydrogen-bond donors (Lipinski definition) is 0. The summed E-state index contributed by atoms with van der Waals surface area (Å²) in [6.07, 6.45) is 0.945. The van der Waals surface area contributed by atoms with Gasteiger partial charge in [-0.2, -0.15) is 0 Å². The minimum absolute atomic E-state index is 0.106. The highest BCUT2D eigenvalue weighted by Gasteiger charge is 2.24. The number of hydrogen-bond acceptors (Lipinski definition) is 11. The van der Waals surface area contributed by atoms with E-state index in [-0.39, 0.29) is 37.7 Å². The van der Waals surface area contributed by atoms with Crippen molar-refractivity contribution in [2.45, 2.75) is 26.7 Å². The molecule has 3 aromatic rings. The van der Waals surface area contributed by atoms with Gasteiger partial charge >= 0.3 is 19.8 Å². The summed E-state index contributed by atoms with van der Waals surface area (Å²) < 4.78 is 39.3. The van der Waals surface area contributed by atoms with Crippen molar-refractivity contribution in [2.24, 2.45) is 0 Å². The molecule has 0 aliphatic heterocycles. The smallest absolute Gasteiger partial charge is 0.462 e. The Kier molecular flexibility index (Phi) is 11.6. The Morgan fingerprint density at radius 1 is 0.865 bits per heavy atom. The fraction of sp³-hybridized carbons (Fsp3) is 0.320. The van der Waals surface area contributed by atoms with E-state index in [9.17, 15) is 14.2 Å². The lowest BCUT2D eigenvalue weighted by Crippen LogP contribution is -2.13. The van der Waals surface area contributed by atoms with Crippen molar-refractivity contribution in [1.82, 2.24) is 0 Å². The topological polar surface area (TPSA) is 97.4 Å². The Labute approximate surface area is 228 Å². The van der Waals surface area contributed by atoms with Crippen molar-refractivity contribution in [3.05, 3.63) is 69.5 Å². The van der Waals surface area contributed by atoms with Gasteiger partial charge in [0.05, 0.1) is 32.0 Å². The van der Waals surface area contributed by atoms with Gasteiger partial charge in [0.25, 0.3) is 0 Å². The highest BCUT2D eigenvalue weighted by Crippen LogP contribution is 2.49. The summed E-state index contributed by atoms with van der Waals surface area (Å²) in [7, 11) is -0.456. The number of carbonyl (C=O) groups is 2. The van der Waals surface area contributed by atoms with Crippen molar-refractivity contribution in [3.8, 4) is 16.2 Å². The maximum Gasteiger partial charge on any atom is 0.474 e. The van der Waals surface area contributed by atoms with Gasteiger partial charge in [-0.15, -0.1) is 0 Å². The zero-order valence-electron chi connectivity index (χ0n) is 20.4. The van der Waals surface area contributed by atoms with E-state index in [0.717, 1.165) is 14.3 Å². The first kappa shape index (κ1) is 29.3. The molecule has 0 saturated carbocycles. The van der Waals surface area contributed by atoms with Crippen LogP contribution in [0.3, 0.4) is 0 Å². The maximum atomic E-state index is 12.7. The van der Waals surface area contributed by atoms with Crippen LogP contribution in [0.1, 0.15) is 47.4 Å². The number of phosphoric acid groups is 1. The second kappa shape index (κ2) is 14.6. The SMILES string of the molecule is CCOP(=O)(OCC)OCCCCOC(=O)c1ccccc1OC(=O)c1ccc(-c2cc(=S)ss2)cc1. The third kappa shape index (κ3) is 8.93. The summed E-state index contributed by atoms with van der Waals surface area (Å²) in [5.41, 5.74) is 1.45. The van der Waals surface area contributed by atoms with E-state index in [0.29, 0.717) is 18.4 Å². The number of esters is 2. The summed E-state index contributed by atoms with van der Waals surface area (Å²) in [5, 5.41) is 0. The van der Waals surface area contributed by atoms with Crippen molar-refractivity contribution in [3.63, 3.8) is 0 Å². The predicted octanol–water partition coefficient (Wildman–Crippen LogP) is 7.56. The number of ether oxygens (including phenoxy) is 2. The molecule has 0 radical (unpaired) electrons. The molecule has 12 heteroatoms. The number of unbranched alkanes of at least 4 members (excludes halogenated alkanes) is 1. The Morgan fingerprint density at radius 3 is 2.19 bits per heavy atom. The summed E-state index contributed by atoms with van der Waals surface area (Å²) >= 11 is 5.17. The summed E-state index contributed by atoms with van der Waals surface area (Å²) in [5.74, 6) is -1.10. The molecular formula is C25H27O8PS3. The third-order valence-corrected chi connectivity index (χ3v) is 9.33. The van der Waals surface area contributed by atoms with Crippen LogP contribution >= 0.6 is 40.7 Å². The highest BCUT2D eigenvalue weighted by molar-refractivity contribution is 7.80. The molecule has 8 nitrogen and oxygen atoms in total. The number of carbonyl (C=O) groups excluding carboxylic acids is 2. The van der Waals surface area contributed by atoms with Gasteiger partial charge in [-0.05, 0) is 62.6 Å². The number of para-hydroxylation sites is 1. The van der Waals surface area contributed by atoms with Crippen LogP contribution in [-0.4, -0.2) is 38.4 Å². The van der Waals surface area contributed by atoms with Gasteiger partial charge in [0.1, 0.15) is 15.1 Å². The summed E-state index contributed by atoms with van der Waals surface area (Å²) in [6, 6.07) is 15.3. The van der Waals surface area contributed by atoms with E-state index < -0.39 is 19.8 Å². The lowest BCUT2D eigenvalue weighted by atomic mass is 10.1. The molecule has 37 heavy (non-hydrogen) atoms. The van der Waals surface area contributed by atoms with E-state index in [1.165, 1.54) is 22.5 Å². The number of phosphoric ester groups is 1. The maximum absolute atomic E-state index is 12.7. The molecule has 1 heterocycles. The average molecular weight is 583 g/mol. The lowest BCUT2D eigenvalue weighted by molar-refractivity contribution is 0.0482. The molecule has 0 fully saturated rings. The van der Waals surface area contributed by atoms with Gasteiger partial charge in [0, 0.05) is 4.88 Å². The molecule has 1 aromatic heterocycles. The number of benzene rings is 2. The van der Waals surface area contributed by atoms with E-state index >= 15 is 0 Å². The van der Waals surface area contributed by atoms with Crippen molar-refractivity contribution in [1.29, 1.82) is 0 Å². The van der Waals surface area contributed by atoms with Gasteiger partial charge in [0.15, 0.2) is 0 Å². The predicted molar refractivity (Wildman–Crippen MR) is 146 cm³/mol. The molecule has 0 bridgehead atoms. The molecule has 0 aliphatic carbocycles. The number of rotatable bonds is 14. The average Bonchev–Trinajstić information content (AvgIpc) is 3.33. The van der Waals surface area contributed by atoms with Gasteiger partial charge in [-0.25, -0.2) is 14.2 Å². The molecule has 0 saturated heterocycles.